The normalized spacial score (nSPS) is 20.2. The van der Waals surface area contributed by atoms with Crippen LogP contribution in [0.15, 0.2) is 46.8 Å². The van der Waals surface area contributed by atoms with Crippen LogP contribution in [-0.2, 0) is 22.1 Å². The Hall–Kier alpha value is -1.17. The summed E-state index contributed by atoms with van der Waals surface area (Å²) in [5.74, 6) is 1.40. The van der Waals surface area contributed by atoms with E-state index in [9.17, 15) is 8.42 Å². The van der Waals surface area contributed by atoms with Crippen LogP contribution in [0.5, 0.6) is 0 Å². The molecule has 2 aromatic rings. The Balaban J connectivity index is 0.00000341. The lowest BCUT2D eigenvalue weighted by Gasteiger charge is -2.39. The van der Waals surface area contributed by atoms with Crippen LogP contribution in [0.2, 0.25) is 0 Å². The number of hydrogen-bond acceptors (Lipinski definition) is 5. The quantitative estimate of drug-likeness (QED) is 0.299. The number of nitrogens with zero attached hydrogens (tertiary/aromatic N) is 2. The molecule has 9 heteroatoms. The van der Waals surface area contributed by atoms with Crippen LogP contribution in [0.3, 0.4) is 0 Å². The standard InChI is InChI=1S/C22H32N4O2S2.HI/c1-23-22(24-14-17-8-10-18(11-9-17)16-30(3,27)28)25-15-19-6-4-12-26(2)21(19)20-7-5-13-29-20;/h5,7-11,13,19,21H,4,6,12,14-16H2,1-3H3,(H2,23,24,25);1H. The summed E-state index contributed by atoms with van der Waals surface area (Å²) in [6, 6.07) is 12.5. The van der Waals surface area contributed by atoms with Crippen LogP contribution in [-0.4, -0.2) is 52.7 Å². The molecule has 1 aromatic heterocycles. The van der Waals surface area contributed by atoms with E-state index in [4.69, 9.17) is 0 Å². The van der Waals surface area contributed by atoms with Crippen molar-refractivity contribution in [1.82, 2.24) is 15.5 Å². The number of nitrogens with one attached hydrogen (secondary N) is 2. The van der Waals surface area contributed by atoms with Crippen molar-refractivity contribution in [3.05, 3.63) is 57.8 Å². The molecule has 1 aromatic carbocycles. The van der Waals surface area contributed by atoms with Gasteiger partial charge in [0.2, 0.25) is 0 Å². The minimum Gasteiger partial charge on any atom is -0.356 e. The highest BCUT2D eigenvalue weighted by Crippen LogP contribution is 2.36. The Morgan fingerprint density at radius 2 is 1.90 bits per heavy atom. The van der Waals surface area contributed by atoms with Crippen LogP contribution in [0.1, 0.15) is 34.9 Å². The van der Waals surface area contributed by atoms with E-state index in [-0.39, 0.29) is 29.7 Å². The lowest BCUT2D eigenvalue weighted by Crippen LogP contribution is -2.44. The van der Waals surface area contributed by atoms with E-state index < -0.39 is 9.84 Å². The first-order chi connectivity index (χ1) is 14.4. The summed E-state index contributed by atoms with van der Waals surface area (Å²) in [4.78, 5) is 8.26. The number of guanidine groups is 1. The van der Waals surface area contributed by atoms with Crippen LogP contribution in [0.25, 0.3) is 0 Å². The number of rotatable bonds is 7. The predicted molar refractivity (Wildman–Crippen MR) is 141 cm³/mol. The number of piperidine rings is 1. The molecule has 172 valence electrons. The van der Waals surface area contributed by atoms with Gasteiger partial charge in [-0.3, -0.25) is 9.89 Å². The minimum absolute atomic E-state index is 0. The van der Waals surface area contributed by atoms with Gasteiger partial charge in [0.15, 0.2) is 15.8 Å². The summed E-state index contributed by atoms with van der Waals surface area (Å²) in [6.07, 6.45) is 3.68. The van der Waals surface area contributed by atoms with Gasteiger partial charge in [-0.25, -0.2) is 8.42 Å². The van der Waals surface area contributed by atoms with E-state index in [1.165, 1.54) is 24.0 Å². The largest absolute Gasteiger partial charge is 0.356 e. The van der Waals surface area contributed by atoms with Crippen LogP contribution in [0.4, 0.5) is 0 Å². The Labute approximate surface area is 207 Å². The molecular weight excluding hydrogens is 543 g/mol. The molecule has 3 rings (SSSR count). The van der Waals surface area contributed by atoms with Crippen molar-refractivity contribution >= 4 is 51.1 Å². The maximum absolute atomic E-state index is 11.4. The highest BCUT2D eigenvalue weighted by atomic mass is 127. The van der Waals surface area contributed by atoms with E-state index in [2.05, 4.69) is 45.1 Å². The number of sulfone groups is 1. The predicted octanol–water partition coefficient (Wildman–Crippen LogP) is 3.66. The maximum atomic E-state index is 11.4. The van der Waals surface area contributed by atoms with Gasteiger partial charge >= 0.3 is 0 Å². The molecule has 0 spiro atoms. The molecule has 1 fully saturated rings. The molecule has 2 atom stereocenters. The molecule has 1 aliphatic rings. The molecule has 0 saturated carbocycles. The zero-order valence-corrected chi connectivity index (χ0v) is 22.3. The van der Waals surface area contributed by atoms with Crippen LogP contribution in [0, 0.1) is 5.92 Å². The van der Waals surface area contributed by atoms with E-state index in [1.54, 1.807) is 7.05 Å². The number of thiophene rings is 1. The topological polar surface area (TPSA) is 73.8 Å². The minimum atomic E-state index is -3.01. The number of halogens is 1. The van der Waals surface area contributed by atoms with Crippen LogP contribution >= 0.6 is 35.3 Å². The smallest absolute Gasteiger partial charge is 0.191 e. The van der Waals surface area contributed by atoms with Crippen molar-refractivity contribution in [1.29, 1.82) is 0 Å². The summed E-state index contributed by atoms with van der Waals surface area (Å²) < 4.78 is 22.8. The number of aliphatic imine (C=N–C) groups is 1. The second-order valence-corrected chi connectivity index (χ2v) is 11.2. The molecule has 0 amide bonds. The lowest BCUT2D eigenvalue weighted by atomic mass is 9.88. The molecule has 2 N–H and O–H groups in total. The van der Waals surface area contributed by atoms with E-state index in [0.717, 1.165) is 30.2 Å². The first-order valence-corrected chi connectivity index (χ1v) is 13.2. The van der Waals surface area contributed by atoms with Crippen molar-refractivity contribution < 1.29 is 8.42 Å². The van der Waals surface area contributed by atoms with E-state index >= 15 is 0 Å². The van der Waals surface area contributed by atoms with E-state index in [1.807, 2.05) is 35.6 Å². The zero-order chi connectivity index (χ0) is 21.6. The molecule has 6 nitrogen and oxygen atoms in total. The van der Waals surface area contributed by atoms with Gasteiger partial charge in [0.1, 0.15) is 0 Å². The van der Waals surface area contributed by atoms with Gasteiger partial charge in [-0.2, -0.15) is 0 Å². The molecule has 2 heterocycles. The van der Waals surface area contributed by atoms with Crippen molar-refractivity contribution in [3.8, 4) is 0 Å². The maximum Gasteiger partial charge on any atom is 0.191 e. The van der Waals surface area contributed by atoms with Crippen molar-refractivity contribution in [3.63, 3.8) is 0 Å². The summed E-state index contributed by atoms with van der Waals surface area (Å²) in [5, 5.41) is 9.02. The molecule has 0 aliphatic carbocycles. The third-order valence-corrected chi connectivity index (χ3v) is 7.31. The van der Waals surface area contributed by atoms with Gasteiger partial charge in [-0.1, -0.05) is 30.3 Å². The molecule has 31 heavy (non-hydrogen) atoms. The third kappa shape index (κ3) is 8.03. The van der Waals surface area contributed by atoms with Gasteiger partial charge in [0.05, 0.1) is 5.75 Å². The van der Waals surface area contributed by atoms with Gasteiger partial charge < -0.3 is 10.6 Å². The van der Waals surface area contributed by atoms with Gasteiger partial charge in [0.25, 0.3) is 0 Å². The average Bonchev–Trinajstić information content (AvgIpc) is 3.22. The highest BCUT2D eigenvalue weighted by molar-refractivity contribution is 14.0. The zero-order valence-electron chi connectivity index (χ0n) is 18.4. The summed E-state index contributed by atoms with van der Waals surface area (Å²) >= 11 is 1.84. The number of likely N-dealkylation sites (tertiary alicyclic amines) is 1. The van der Waals surface area contributed by atoms with Crippen molar-refractivity contribution in [2.45, 2.75) is 31.2 Å². The molecule has 0 bridgehead atoms. The van der Waals surface area contributed by atoms with E-state index in [0.29, 0.717) is 18.5 Å². The SMILES string of the molecule is CN=C(NCc1ccc(CS(C)(=O)=O)cc1)NCC1CCCN(C)C1c1cccs1.I. The molecule has 0 radical (unpaired) electrons. The van der Waals surface area contributed by atoms with Crippen LogP contribution < -0.4 is 10.6 Å². The van der Waals surface area contributed by atoms with Crippen molar-refractivity contribution in [2.75, 3.05) is 33.4 Å². The van der Waals surface area contributed by atoms with Gasteiger partial charge in [-0.05, 0) is 54.9 Å². The second-order valence-electron chi connectivity index (χ2n) is 8.04. The summed E-state index contributed by atoms with van der Waals surface area (Å²) in [6.45, 7) is 2.65. The fourth-order valence-corrected chi connectivity index (χ4v) is 5.85. The molecule has 2 unspecified atom stereocenters. The molecule has 1 saturated heterocycles. The number of hydrogen-bond donors (Lipinski definition) is 2. The average molecular weight is 577 g/mol. The fraction of sp³-hybridized carbons (Fsp3) is 0.500. The lowest BCUT2D eigenvalue weighted by molar-refractivity contribution is 0.125. The summed E-state index contributed by atoms with van der Waals surface area (Å²) in [5.41, 5.74) is 1.90. The van der Waals surface area contributed by atoms with Gasteiger partial charge in [-0.15, -0.1) is 35.3 Å². The first kappa shape index (κ1) is 26.1. The van der Waals surface area contributed by atoms with Crippen molar-refractivity contribution in [2.24, 2.45) is 10.9 Å². The molecular formula is C22H33IN4O2S2. The molecule has 1 aliphatic heterocycles. The Kier molecular flexibility index (Phi) is 10.2. The third-order valence-electron chi connectivity index (χ3n) is 5.51. The number of benzene rings is 1. The van der Waals surface area contributed by atoms with Gasteiger partial charge in [0, 0.05) is 37.3 Å². The summed E-state index contributed by atoms with van der Waals surface area (Å²) in [7, 11) is 0.995. The monoisotopic (exact) mass is 576 g/mol. The second kappa shape index (κ2) is 12.2. The Morgan fingerprint density at radius 1 is 1.19 bits per heavy atom. The fourth-order valence-electron chi connectivity index (χ4n) is 4.07. The Bertz CT molecular complexity index is 931. The Morgan fingerprint density at radius 3 is 2.52 bits per heavy atom. The highest BCUT2D eigenvalue weighted by Gasteiger charge is 2.31. The first-order valence-electron chi connectivity index (χ1n) is 10.3.